The zero-order valence-electron chi connectivity index (χ0n) is 6.59. The van der Waals surface area contributed by atoms with Gasteiger partial charge in [-0.15, -0.1) is 0 Å². The van der Waals surface area contributed by atoms with Crippen molar-refractivity contribution in [3.8, 4) is 0 Å². The van der Waals surface area contributed by atoms with Crippen LogP contribution in [0.5, 0.6) is 0 Å². The Morgan fingerprint density at radius 1 is 1.60 bits per heavy atom. The molecule has 0 aromatic carbocycles. The minimum atomic E-state index is -0.464. The highest BCUT2D eigenvalue weighted by atomic mass is 16.3. The molecule has 0 aromatic rings. The Morgan fingerprint density at radius 3 is 2.40 bits per heavy atom. The van der Waals surface area contributed by atoms with E-state index in [0.29, 0.717) is 12.3 Å². The van der Waals surface area contributed by atoms with Crippen molar-refractivity contribution in [1.82, 2.24) is 0 Å². The van der Waals surface area contributed by atoms with Crippen LogP contribution in [0, 0.1) is 0 Å². The predicted molar refractivity (Wildman–Crippen MR) is 40.3 cm³/mol. The van der Waals surface area contributed by atoms with Crippen LogP contribution in [0.15, 0.2) is 4.99 Å². The predicted octanol–water partition coefficient (Wildman–Crippen LogP) is 0.417. The first kappa shape index (κ1) is 9.30. The van der Waals surface area contributed by atoms with E-state index in [0.717, 1.165) is 0 Å². The van der Waals surface area contributed by atoms with Crippen LogP contribution < -0.4 is 0 Å². The number of Topliss-reactive ketones (excluding diaryl/α,β-unsaturated/α-hetero) is 1. The smallest absolute Gasteiger partial charge is 0.173 e. The van der Waals surface area contributed by atoms with E-state index in [4.69, 9.17) is 5.11 Å². The van der Waals surface area contributed by atoms with Gasteiger partial charge in [-0.1, -0.05) is 0 Å². The number of carbonyl (C=O) groups excluding carboxylic acids is 1. The van der Waals surface area contributed by atoms with Gasteiger partial charge in [0.1, 0.15) is 0 Å². The minimum absolute atomic E-state index is 0.0411. The van der Waals surface area contributed by atoms with Crippen molar-refractivity contribution in [2.75, 3.05) is 6.54 Å². The molecule has 0 saturated carbocycles. The largest absolute Gasteiger partial charge is 0.391 e. The van der Waals surface area contributed by atoms with E-state index in [1.165, 1.54) is 6.92 Å². The molecular formula is C7H13NO2. The third-order valence-electron chi connectivity index (χ3n) is 1.10. The number of aliphatic hydroxyl groups excluding tert-OH is 1. The lowest BCUT2D eigenvalue weighted by Gasteiger charge is -1.98. The molecule has 0 aromatic heterocycles. The molecule has 58 valence electrons. The summed E-state index contributed by atoms with van der Waals surface area (Å²) in [6, 6.07) is 0. The van der Waals surface area contributed by atoms with Crippen LogP contribution >= 0.6 is 0 Å². The monoisotopic (exact) mass is 143 g/mol. The fourth-order valence-corrected chi connectivity index (χ4v) is 0.380. The van der Waals surface area contributed by atoms with Gasteiger partial charge in [-0.3, -0.25) is 9.79 Å². The second kappa shape index (κ2) is 4.17. The van der Waals surface area contributed by atoms with Gasteiger partial charge in [-0.2, -0.15) is 0 Å². The van der Waals surface area contributed by atoms with Crippen LogP contribution in [0.25, 0.3) is 0 Å². The summed E-state index contributed by atoms with van der Waals surface area (Å²) >= 11 is 0. The van der Waals surface area contributed by atoms with E-state index in [1.54, 1.807) is 13.8 Å². The highest BCUT2D eigenvalue weighted by Crippen LogP contribution is 1.84. The Labute approximate surface area is 60.8 Å². The number of aliphatic hydroxyl groups is 1. The molecule has 0 aliphatic carbocycles. The lowest BCUT2D eigenvalue weighted by Crippen LogP contribution is -2.10. The van der Waals surface area contributed by atoms with Crippen LogP contribution in [0.3, 0.4) is 0 Å². The van der Waals surface area contributed by atoms with Crippen LogP contribution in [0.2, 0.25) is 0 Å². The SMILES string of the molecule is CC(=O)C(C)=NCC(C)O. The maximum atomic E-state index is 10.5. The Morgan fingerprint density at radius 2 is 2.10 bits per heavy atom. The molecule has 0 spiro atoms. The Bertz CT molecular complexity index is 150. The second-order valence-electron chi connectivity index (χ2n) is 2.33. The Balaban J connectivity index is 3.81. The summed E-state index contributed by atoms with van der Waals surface area (Å²) in [5, 5.41) is 8.76. The topological polar surface area (TPSA) is 49.7 Å². The van der Waals surface area contributed by atoms with E-state index >= 15 is 0 Å². The summed E-state index contributed by atoms with van der Waals surface area (Å²) in [5.74, 6) is -0.0411. The number of hydrogen-bond acceptors (Lipinski definition) is 3. The fourth-order valence-electron chi connectivity index (χ4n) is 0.380. The highest BCUT2D eigenvalue weighted by molar-refractivity contribution is 6.37. The van der Waals surface area contributed by atoms with Gasteiger partial charge >= 0.3 is 0 Å². The lowest BCUT2D eigenvalue weighted by molar-refractivity contribution is -0.111. The van der Waals surface area contributed by atoms with Gasteiger partial charge in [0.2, 0.25) is 0 Å². The number of ketones is 1. The number of rotatable bonds is 3. The van der Waals surface area contributed by atoms with Crippen molar-refractivity contribution in [3.63, 3.8) is 0 Å². The van der Waals surface area contributed by atoms with E-state index in [-0.39, 0.29) is 5.78 Å². The fraction of sp³-hybridized carbons (Fsp3) is 0.714. The maximum Gasteiger partial charge on any atom is 0.173 e. The average Bonchev–Trinajstić information content (AvgIpc) is 1.82. The van der Waals surface area contributed by atoms with E-state index in [1.807, 2.05) is 0 Å². The molecule has 0 aliphatic heterocycles. The van der Waals surface area contributed by atoms with Gasteiger partial charge in [0, 0.05) is 6.92 Å². The number of aliphatic imine (C=N–C) groups is 1. The summed E-state index contributed by atoms with van der Waals surface area (Å²) in [6.07, 6.45) is -0.464. The molecule has 0 amide bonds. The van der Waals surface area contributed by atoms with Gasteiger partial charge in [0.15, 0.2) is 5.78 Å². The molecule has 0 saturated heterocycles. The van der Waals surface area contributed by atoms with E-state index in [9.17, 15) is 4.79 Å². The molecule has 10 heavy (non-hydrogen) atoms. The summed E-state index contributed by atoms with van der Waals surface area (Å²) in [5.41, 5.74) is 0.473. The average molecular weight is 143 g/mol. The molecule has 0 aliphatic rings. The minimum Gasteiger partial charge on any atom is -0.391 e. The molecule has 1 unspecified atom stereocenters. The molecule has 0 radical (unpaired) electrons. The molecule has 1 N–H and O–H groups in total. The van der Waals surface area contributed by atoms with Gasteiger partial charge in [0.05, 0.1) is 18.4 Å². The first-order valence-electron chi connectivity index (χ1n) is 3.24. The Hall–Kier alpha value is -0.700. The van der Waals surface area contributed by atoms with E-state index < -0.39 is 6.10 Å². The molecule has 3 nitrogen and oxygen atoms in total. The van der Waals surface area contributed by atoms with Crippen molar-refractivity contribution in [1.29, 1.82) is 0 Å². The molecular weight excluding hydrogens is 130 g/mol. The van der Waals surface area contributed by atoms with Crippen LogP contribution in [0.4, 0.5) is 0 Å². The second-order valence-corrected chi connectivity index (χ2v) is 2.33. The van der Waals surface area contributed by atoms with Crippen molar-refractivity contribution >= 4 is 11.5 Å². The molecule has 0 bridgehead atoms. The standard InChI is InChI=1S/C7H13NO2/c1-5(9)4-8-6(2)7(3)10/h5,9H,4H2,1-3H3. The van der Waals surface area contributed by atoms with Crippen molar-refractivity contribution in [2.45, 2.75) is 26.9 Å². The molecule has 0 heterocycles. The van der Waals surface area contributed by atoms with E-state index in [2.05, 4.69) is 4.99 Å². The van der Waals surface area contributed by atoms with Gasteiger partial charge in [-0.05, 0) is 13.8 Å². The molecule has 0 rings (SSSR count). The molecule has 0 fully saturated rings. The Kier molecular flexibility index (Phi) is 3.88. The van der Waals surface area contributed by atoms with Crippen LogP contribution in [-0.2, 0) is 4.79 Å². The lowest BCUT2D eigenvalue weighted by atomic mass is 10.3. The number of carbonyl (C=O) groups is 1. The first-order valence-corrected chi connectivity index (χ1v) is 3.24. The quantitative estimate of drug-likeness (QED) is 0.582. The summed E-state index contributed by atoms with van der Waals surface area (Å²) in [4.78, 5) is 14.4. The number of hydrogen-bond donors (Lipinski definition) is 1. The van der Waals surface area contributed by atoms with Gasteiger partial charge in [0.25, 0.3) is 0 Å². The van der Waals surface area contributed by atoms with Crippen molar-refractivity contribution in [2.24, 2.45) is 4.99 Å². The summed E-state index contributed by atoms with van der Waals surface area (Å²) in [7, 11) is 0. The third kappa shape index (κ3) is 4.21. The van der Waals surface area contributed by atoms with Crippen LogP contribution in [0.1, 0.15) is 20.8 Å². The van der Waals surface area contributed by atoms with Gasteiger partial charge in [-0.25, -0.2) is 0 Å². The zero-order chi connectivity index (χ0) is 8.15. The zero-order valence-corrected chi connectivity index (χ0v) is 6.59. The highest BCUT2D eigenvalue weighted by Gasteiger charge is 1.97. The van der Waals surface area contributed by atoms with Crippen LogP contribution in [-0.4, -0.2) is 29.3 Å². The third-order valence-corrected chi connectivity index (χ3v) is 1.10. The van der Waals surface area contributed by atoms with Gasteiger partial charge < -0.3 is 5.11 Å². The first-order chi connectivity index (χ1) is 4.54. The normalized spacial score (nSPS) is 15.0. The molecule has 3 heteroatoms. The van der Waals surface area contributed by atoms with Crippen molar-refractivity contribution in [3.05, 3.63) is 0 Å². The number of nitrogens with zero attached hydrogens (tertiary/aromatic N) is 1. The molecule has 1 atom stereocenters. The van der Waals surface area contributed by atoms with Crippen molar-refractivity contribution < 1.29 is 9.90 Å². The maximum absolute atomic E-state index is 10.5. The summed E-state index contributed by atoms with van der Waals surface area (Å²) < 4.78 is 0. The summed E-state index contributed by atoms with van der Waals surface area (Å²) in [6.45, 7) is 5.05.